The van der Waals surface area contributed by atoms with Gasteiger partial charge in [-0.05, 0) is 11.4 Å². The normalized spacial score (nSPS) is 10.2. The minimum Gasteiger partial charge on any atom is -0.346 e. The lowest BCUT2D eigenvalue weighted by atomic mass is 10.3. The van der Waals surface area contributed by atoms with Gasteiger partial charge in [-0.3, -0.25) is 4.79 Å². The number of carbonyl (C=O) groups is 1. The van der Waals surface area contributed by atoms with E-state index in [9.17, 15) is 4.79 Å². The monoisotopic (exact) mass is 328 g/mol. The van der Waals surface area contributed by atoms with Crippen LogP contribution in [0.25, 0.3) is 10.6 Å². The van der Waals surface area contributed by atoms with Crippen molar-refractivity contribution in [3.63, 3.8) is 0 Å². The van der Waals surface area contributed by atoms with Gasteiger partial charge in [-0.25, -0.2) is 4.98 Å². The second-order valence-electron chi connectivity index (χ2n) is 3.25. The van der Waals surface area contributed by atoms with Gasteiger partial charge in [0.25, 0.3) is 5.91 Å². The van der Waals surface area contributed by atoms with Crippen LogP contribution in [0.15, 0.2) is 33.3 Å². The highest BCUT2D eigenvalue weighted by atomic mass is 79.9. The third kappa shape index (κ3) is 3.24. The number of hydrogen-bond donors (Lipinski definition) is 1. The summed E-state index contributed by atoms with van der Waals surface area (Å²) in [6.45, 7) is 4.06. The second-order valence-corrected chi connectivity index (χ2v) is 6.01. The Kier molecular flexibility index (Phi) is 4.09. The van der Waals surface area contributed by atoms with Gasteiger partial charge >= 0.3 is 0 Å². The highest BCUT2D eigenvalue weighted by molar-refractivity contribution is 9.11. The standard InChI is InChI=1S/C11H9BrN2OS2/c1-7(12)4-13-10(15)9-6-17-11(14-9)8-2-3-16-5-8/h2-3,5-6H,1,4H2,(H,13,15). The summed E-state index contributed by atoms with van der Waals surface area (Å²) in [6, 6.07) is 1.99. The molecule has 0 bridgehead atoms. The fraction of sp³-hybridized carbons (Fsp3) is 0.0909. The minimum absolute atomic E-state index is 0.177. The Labute approximate surface area is 115 Å². The number of aromatic nitrogens is 1. The first-order chi connectivity index (χ1) is 8.16. The molecule has 0 radical (unpaired) electrons. The number of halogens is 1. The van der Waals surface area contributed by atoms with E-state index >= 15 is 0 Å². The highest BCUT2D eigenvalue weighted by Crippen LogP contribution is 2.25. The summed E-state index contributed by atoms with van der Waals surface area (Å²) in [6.07, 6.45) is 0. The summed E-state index contributed by atoms with van der Waals surface area (Å²) in [5.41, 5.74) is 1.51. The molecule has 0 aliphatic heterocycles. The minimum atomic E-state index is -0.177. The highest BCUT2D eigenvalue weighted by Gasteiger charge is 2.11. The zero-order valence-electron chi connectivity index (χ0n) is 8.77. The van der Waals surface area contributed by atoms with Crippen molar-refractivity contribution in [1.29, 1.82) is 0 Å². The van der Waals surface area contributed by atoms with Gasteiger partial charge in [0.05, 0.1) is 0 Å². The molecule has 17 heavy (non-hydrogen) atoms. The van der Waals surface area contributed by atoms with Gasteiger partial charge in [0.15, 0.2) is 0 Å². The maximum absolute atomic E-state index is 11.7. The van der Waals surface area contributed by atoms with Crippen LogP contribution >= 0.6 is 38.6 Å². The van der Waals surface area contributed by atoms with Gasteiger partial charge in [-0.15, -0.1) is 11.3 Å². The zero-order chi connectivity index (χ0) is 12.3. The summed E-state index contributed by atoms with van der Waals surface area (Å²) < 4.78 is 0.735. The molecule has 1 amide bonds. The molecule has 0 saturated carbocycles. The number of carbonyl (C=O) groups excluding carboxylic acids is 1. The van der Waals surface area contributed by atoms with Crippen LogP contribution in [0.3, 0.4) is 0 Å². The number of thiazole rings is 1. The number of amides is 1. The van der Waals surface area contributed by atoms with Crippen LogP contribution in [0, 0.1) is 0 Å². The maximum atomic E-state index is 11.7. The molecule has 3 nitrogen and oxygen atoms in total. The smallest absolute Gasteiger partial charge is 0.271 e. The Morgan fingerprint density at radius 3 is 3.00 bits per heavy atom. The van der Waals surface area contributed by atoms with Crippen LogP contribution in [0.5, 0.6) is 0 Å². The Morgan fingerprint density at radius 2 is 2.35 bits per heavy atom. The predicted molar refractivity (Wildman–Crippen MR) is 75.8 cm³/mol. The Hall–Kier alpha value is -0.980. The Morgan fingerprint density at radius 1 is 1.53 bits per heavy atom. The SMILES string of the molecule is C=C(Br)CNC(=O)c1csc(-c2ccsc2)n1. The van der Waals surface area contributed by atoms with E-state index in [1.807, 2.05) is 16.8 Å². The maximum Gasteiger partial charge on any atom is 0.271 e. The average Bonchev–Trinajstić information content (AvgIpc) is 2.94. The van der Waals surface area contributed by atoms with Crippen LogP contribution in [-0.4, -0.2) is 17.4 Å². The number of nitrogens with zero attached hydrogens (tertiary/aromatic N) is 1. The molecule has 2 heterocycles. The van der Waals surface area contributed by atoms with Gasteiger partial charge in [-0.1, -0.05) is 22.5 Å². The molecule has 6 heteroatoms. The third-order valence-corrected chi connectivity index (χ3v) is 3.80. The molecule has 0 atom stereocenters. The summed E-state index contributed by atoms with van der Waals surface area (Å²) in [4.78, 5) is 16.0. The van der Waals surface area contributed by atoms with Gasteiger partial charge in [0.1, 0.15) is 10.7 Å². The first-order valence-electron chi connectivity index (χ1n) is 4.76. The van der Waals surface area contributed by atoms with Crippen molar-refractivity contribution >= 4 is 44.5 Å². The molecule has 0 aromatic carbocycles. The van der Waals surface area contributed by atoms with E-state index in [2.05, 4.69) is 32.8 Å². The molecule has 2 aromatic heterocycles. The molecule has 0 aliphatic rings. The first kappa shape index (κ1) is 12.5. The fourth-order valence-electron chi connectivity index (χ4n) is 1.16. The summed E-state index contributed by atoms with van der Waals surface area (Å²) in [5, 5.41) is 9.36. The average molecular weight is 329 g/mol. The van der Waals surface area contributed by atoms with Crippen LogP contribution in [0.2, 0.25) is 0 Å². The molecule has 0 unspecified atom stereocenters. The van der Waals surface area contributed by atoms with Crippen LogP contribution in [0.4, 0.5) is 0 Å². The van der Waals surface area contributed by atoms with Crippen molar-refractivity contribution in [1.82, 2.24) is 10.3 Å². The number of nitrogens with one attached hydrogen (secondary N) is 1. The molecule has 0 spiro atoms. The fourth-order valence-corrected chi connectivity index (χ4v) is 2.82. The summed E-state index contributed by atoms with van der Waals surface area (Å²) in [7, 11) is 0. The molecule has 0 fully saturated rings. The van der Waals surface area contributed by atoms with Crippen molar-refractivity contribution in [3.05, 3.63) is 39.0 Å². The van der Waals surface area contributed by atoms with E-state index in [-0.39, 0.29) is 5.91 Å². The number of hydrogen-bond acceptors (Lipinski definition) is 4. The van der Waals surface area contributed by atoms with E-state index in [1.54, 1.807) is 16.7 Å². The van der Waals surface area contributed by atoms with Crippen molar-refractivity contribution in [2.75, 3.05) is 6.54 Å². The lowest BCUT2D eigenvalue weighted by molar-refractivity contribution is 0.0953. The van der Waals surface area contributed by atoms with E-state index in [1.165, 1.54) is 11.3 Å². The predicted octanol–water partition coefficient (Wildman–Crippen LogP) is 3.51. The van der Waals surface area contributed by atoms with Crippen LogP contribution < -0.4 is 5.32 Å². The molecular weight excluding hydrogens is 320 g/mol. The first-order valence-corrected chi connectivity index (χ1v) is 7.38. The summed E-state index contributed by atoms with van der Waals surface area (Å²) >= 11 is 6.27. The van der Waals surface area contributed by atoms with Crippen molar-refractivity contribution in [3.8, 4) is 10.6 Å². The largest absolute Gasteiger partial charge is 0.346 e. The molecule has 0 saturated heterocycles. The van der Waals surface area contributed by atoms with Crippen LogP contribution in [0.1, 0.15) is 10.5 Å². The summed E-state index contributed by atoms with van der Waals surface area (Å²) in [5.74, 6) is -0.177. The molecular formula is C11H9BrN2OS2. The zero-order valence-corrected chi connectivity index (χ0v) is 12.0. The molecule has 2 rings (SSSR count). The van der Waals surface area contributed by atoms with Crippen molar-refractivity contribution < 1.29 is 4.79 Å². The Balaban J connectivity index is 2.08. The van der Waals surface area contributed by atoms with Gasteiger partial charge in [-0.2, -0.15) is 11.3 Å². The Bertz CT molecular complexity index is 533. The van der Waals surface area contributed by atoms with Crippen molar-refractivity contribution in [2.45, 2.75) is 0 Å². The molecule has 88 valence electrons. The quantitative estimate of drug-likeness (QED) is 0.933. The van der Waals surface area contributed by atoms with Gasteiger partial charge in [0, 0.05) is 27.4 Å². The molecule has 0 aliphatic carbocycles. The van der Waals surface area contributed by atoms with Gasteiger partial charge in [0.2, 0.25) is 0 Å². The van der Waals surface area contributed by atoms with Crippen LogP contribution in [-0.2, 0) is 0 Å². The lowest BCUT2D eigenvalue weighted by Crippen LogP contribution is -2.24. The van der Waals surface area contributed by atoms with Crippen molar-refractivity contribution in [2.24, 2.45) is 0 Å². The third-order valence-electron chi connectivity index (χ3n) is 1.95. The lowest BCUT2D eigenvalue weighted by Gasteiger charge is -2.00. The van der Waals surface area contributed by atoms with E-state index in [4.69, 9.17) is 0 Å². The number of thiophene rings is 1. The van der Waals surface area contributed by atoms with E-state index in [0.29, 0.717) is 12.2 Å². The second kappa shape index (κ2) is 5.57. The topological polar surface area (TPSA) is 42.0 Å². The molecule has 2 aromatic rings. The van der Waals surface area contributed by atoms with Gasteiger partial charge < -0.3 is 5.32 Å². The van der Waals surface area contributed by atoms with E-state index < -0.39 is 0 Å². The number of rotatable bonds is 4. The van der Waals surface area contributed by atoms with E-state index in [0.717, 1.165) is 15.1 Å². The molecule has 1 N–H and O–H groups in total.